The van der Waals surface area contributed by atoms with Crippen LogP contribution in [-0.4, -0.2) is 24.8 Å². The molecule has 1 fully saturated rings. The van der Waals surface area contributed by atoms with Gasteiger partial charge in [-0.3, -0.25) is 0 Å². The van der Waals surface area contributed by atoms with E-state index in [1.54, 1.807) is 0 Å². The third kappa shape index (κ3) is 4.67. The first-order valence-corrected chi connectivity index (χ1v) is 6.56. The summed E-state index contributed by atoms with van der Waals surface area (Å²) in [7, 11) is 0. The summed E-state index contributed by atoms with van der Waals surface area (Å²) in [5, 5.41) is 3.47. The number of hydrogen-bond acceptors (Lipinski definition) is 2. The van der Waals surface area contributed by atoms with Crippen LogP contribution in [0, 0.1) is 0 Å². The molecular weight excluding hydrogens is 198 g/mol. The zero-order valence-corrected chi connectivity index (χ0v) is 11.1. The van der Waals surface area contributed by atoms with Crippen molar-refractivity contribution in [1.82, 2.24) is 5.32 Å². The van der Waals surface area contributed by atoms with Crippen LogP contribution in [-0.2, 0) is 4.74 Å². The van der Waals surface area contributed by atoms with Gasteiger partial charge in [-0.1, -0.05) is 19.4 Å². The smallest absolute Gasteiger partial charge is 0.0694 e. The second kappa shape index (κ2) is 6.41. The highest BCUT2D eigenvalue weighted by Crippen LogP contribution is 2.38. The predicted molar refractivity (Wildman–Crippen MR) is 69.7 cm³/mol. The van der Waals surface area contributed by atoms with Gasteiger partial charge in [0.15, 0.2) is 0 Å². The lowest BCUT2D eigenvalue weighted by Crippen LogP contribution is -2.43. The van der Waals surface area contributed by atoms with E-state index in [1.165, 1.54) is 24.8 Å². The molecule has 2 nitrogen and oxygen atoms in total. The van der Waals surface area contributed by atoms with Crippen molar-refractivity contribution in [2.24, 2.45) is 0 Å². The molecule has 0 aromatic heterocycles. The zero-order valence-electron chi connectivity index (χ0n) is 11.1. The summed E-state index contributed by atoms with van der Waals surface area (Å²) in [6, 6.07) is 0.576. The predicted octanol–water partition coefficient (Wildman–Crippen LogP) is 3.28. The highest BCUT2D eigenvalue weighted by atomic mass is 16.5. The summed E-state index contributed by atoms with van der Waals surface area (Å²) in [5.74, 6) is 0. The van der Waals surface area contributed by atoms with Crippen molar-refractivity contribution in [3.63, 3.8) is 0 Å². The Labute approximate surface area is 100 Å². The summed E-state index contributed by atoms with van der Waals surface area (Å²) < 4.78 is 6.06. The van der Waals surface area contributed by atoms with Gasteiger partial charge < -0.3 is 10.1 Å². The van der Waals surface area contributed by atoms with Crippen LogP contribution in [0.3, 0.4) is 0 Å². The summed E-state index contributed by atoms with van der Waals surface area (Å²) in [6.45, 7) is 12.3. The van der Waals surface area contributed by atoms with Crippen LogP contribution in [0.5, 0.6) is 0 Å². The Bertz CT molecular complexity index is 219. The number of ether oxygens (including phenoxy) is 1. The Morgan fingerprint density at radius 3 is 2.56 bits per heavy atom. The maximum Gasteiger partial charge on any atom is 0.0694 e. The Morgan fingerprint density at radius 2 is 2.12 bits per heavy atom. The molecule has 0 heterocycles. The largest absolute Gasteiger partial charge is 0.375 e. The van der Waals surface area contributed by atoms with Gasteiger partial charge >= 0.3 is 0 Å². The van der Waals surface area contributed by atoms with Gasteiger partial charge in [0.25, 0.3) is 0 Å². The lowest BCUT2D eigenvalue weighted by Gasteiger charge is -2.42. The molecule has 0 atom stereocenters. The molecule has 2 heteroatoms. The topological polar surface area (TPSA) is 21.3 Å². The molecule has 1 N–H and O–H groups in total. The summed E-state index contributed by atoms with van der Waals surface area (Å²) >= 11 is 0. The van der Waals surface area contributed by atoms with Crippen LogP contribution in [0.1, 0.15) is 52.9 Å². The minimum atomic E-state index is 0.192. The molecule has 1 saturated carbocycles. The highest BCUT2D eigenvalue weighted by molar-refractivity contribution is 4.92. The van der Waals surface area contributed by atoms with Crippen molar-refractivity contribution >= 4 is 0 Å². The minimum absolute atomic E-state index is 0.192. The SMILES string of the molecule is C=C(C)CCOC1(CCNC(C)C)CCC1. The van der Waals surface area contributed by atoms with Gasteiger partial charge in [-0.15, -0.1) is 6.58 Å². The van der Waals surface area contributed by atoms with Crippen molar-refractivity contribution < 1.29 is 4.74 Å². The molecule has 1 aliphatic rings. The van der Waals surface area contributed by atoms with E-state index in [1.807, 2.05) is 0 Å². The molecule has 0 saturated heterocycles. The van der Waals surface area contributed by atoms with Crippen molar-refractivity contribution in [3.05, 3.63) is 12.2 Å². The van der Waals surface area contributed by atoms with Crippen LogP contribution in [0.4, 0.5) is 0 Å². The molecule has 94 valence electrons. The van der Waals surface area contributed by atoms with E-state index in [0.29, 0.717) is 6.04 Å². The molecule has 0 aliphatic heterocycles. The average Bonchev–Trinajstić information content (AvgIpc) is 2.11. The number of hydrogen-bond donors (Lipinski definition) is 1. The summed E-state index contributed by atoms with van der Waals surface area (Å²) in [4.78, 5) is 0. The normalized spacial score (nSPS) is 18.5. The highest BCUT2D eigenvalue weighted by Gasteiger charge is 2.37. The fraction of sp³-hybridized carbons (Fsp3) is 0.857. The standard InChI is InChI=1S/C14H27NO/c1-12(2)6-11-16-14(7-5-8-14)9-10-15-13(3)4/h13,15H,1,5-11H2,2-4H3. The third-order valence-electron chi connectivity index (χ3n) is 3.34. The van der Waals surface area contributed by atoms with Crippen LogP contribution < -0.4 is 5.32 Å². The summed E-state index contributed by atoms with van der Waals surface area (Å²) in [5.41, 5.74) is 1.41. The third-order valence-corrected chi connectivity index (χ3v) is 3.34. The van der Waals surface area contributed by atoms with E-state index >= 15 is 0 Å². The lowest BCUT2D eigenvalue weighted by atomic mass is 9.77. The van der Waals surface area contributed by atoms with Crippen LogP contribution in [0.15, 0.2) is 12.2 Å². The second-order valence-corrected chi connectivity index (χ2v) is 5.45. The van der Waals surface area contributed by atoms with Crippen molar-refractivity contribution in [2.45, 2.75) is 64.5 Å². The fourth-order valence-corrected chi connectivity index (χ4v) is 2.07. The molecule has 1 rings (SSSR count). The first-order chi connectivity index (χ1) is 7.54. The van der Waals surface area contributed by atoms with Gasteiger partial charge in [-0.25, -0.2) is 0 Å². The van der Waals surface area contributed by atoms with E-state index in [0.717, 1.165) is 26.0 Å². The average molecular weight is 225 g/mol. The molecule has 0 bridgehead atoms. The number of rotatable bonds is 8. The first kappa shape index (κ1) is 13.7. The fourth-order valence-electron chi connectivity index (χ4n) is 2.07. The maximum absolute atomic E-state index is 6.06. The molecule has 16 heavy (non-hydrogen) atoms. The van der Waals surface area contributed by atoms with E-state index in [4.69, 9.17) is 4.74 Å². The molecular formula is C14H27NO. The van der Waals surface area contributed by atoms with Crippen molar-refractivity contribution in [1.29, 1.82) is 0 Å². The molecule has 0 aromatic carbocycles. The summed E-state index contributed by atoms with van der Waals surface area (Å²) in [6.07, 6.45) is 5.96. The molecule has 0 aromatic rings. The van der Waals surface area contributed by atoms with Crippen LogP contribution in [0.25, 0.3) is 0 Å². The molecule has 0 radical (unpaired) electrons. The second-order valence-electron chi connectivity index (χ2n) is 5.45. The minimum Gasteiger partial charge on any atom is -0.375 e. The maximum atomic E-state index is 6.06. The lowest BCUT2D eigenvalue weighted by molar-refractivity contribution is -0.103. The first-order valence-electron chi connectivity index (χ1n) is 6.56. The Hall–Kier alpha value is -0.340. The molecule has 1 aliphatic carbocycles. The van der Waals surface area contributed by atoms with Gasteiger partial charge in [0.05, 0.1) is 12.2 Å². The van der Waals surface area contributed by atoms with Gasteiger partial charge in [-0.2, -0.15) is 0 Å². The van der Waals surface area contributed by atoms with E-state index < -0.39 is 0 Å². The Kier molecular flexibility index (Phi) is 5.50. The number of nitrogens with one attached hydrogen (secondary N) is 1. The van der Waals surface area contributed by atoms with Crippen molar-refractivity contribution in [2.75, 3.05) is 13.2 Å². The van der Waals surface area contributed by atoms with Crippen LogP contribution >= 0.6 is 0 Å². The van der Waals surface area contributed by atoms with E-state index in [-0.39, 0.29) is 5.60 Å². The quantitative estimate of drug-likeness (QED) is 0.640. The Balaban J connectivity index is 2.19. The van der Waals surface area contributed by atoms with Crippen LogP contribution in [0.2, 0.25) is 0 Å². The molecule has 0 spiro atoms. The monoisotopic (exact) mass is 225 g/mol. The molecule has 0 amide bonds. The van der Waals surface area contributed by atoms with Gasteiger partial charge in [-0.05, 0) is 45.6 Å². The van der Waals surface area contributed by atoms with E-state index in [9.17, 15) is 0 Å². The van der Waals surface area contributed by atoms with E-state index in [2.05, 4.69) is 32.7 Å². The van der Waals surface area contributed by atoms with Gasteiger partial charge in [0, 0.05) is 6.04 Å². The van der Waals surface area contributed by atoms with Gasteiger partial charge in [0.2, 0.25) is 0 Å². The molecule has 0 unspecified atom stereocenters. The van der Waals surface area contributed by atoms with Gasteiger partial charge in [0.1, 0.15) is 0 Å². The zero-order chi connectivity index (χ0) is 12.0. The van der Waals surface area contributed by atoms with Crippen molar-refractivity contribution in [3.8, 4) is 0 Å². The Morgan fingerprint density at radius 1 is 1.44 bits per heavy atom.